The third-order valence-corrected chi connectivity index (χ3v) is 3.39. The highest BCUT2D eigenvalue weighted by atomic mass is 16.6. The summed E-state index contributed by atoms with van der Waals surface area (Å²) in [7, 11) is 0. The average Bonchev–Trinajstić information content (AvgIpc) is 2.96. The molecule has 1 unspecified atom stereocenters. The first kappa shape index (κ1) is 13.2. The van der Waals surface area contributed by atoms with Crippen molar-refractivity contribution in [1.29, 1.82) is 0 Å². The molecule has 18 heavy (non-hydrogen) atoms. The summed E-state index contributed by atoms with van der Waals surface area (Å²) in [6.07, 6.45) is 4.80. The Bertz CT molecular complexity index is 406. The van der Waals surface area contributed by atoms with Crippen LogP contribution < -0.4 is 4.74 Å². The third-order valence-electron chi connectivity index (χ3n) is 3.39. The predicted molar refractivity (Wildman–Crippen MR) is 73.9 cm³/mol. The maximum Gasteiger partial charge on any atom is 0.119 e. The molecule has 0 amide bonds. The van der Waals surface area contributed by atoms with Gasteiger partial charge in [-0.15, -0.1) is 0 Å². The quantitative estimate of drug-likeness (QED) is 0.559. The first-order chi connectivity index (χ1) is 8.58. The van der Waals surface area contributed by atoms with Crippen molar-refractivity contribution in [3.05, 3.63) is 42.0 Å². The summed E-state index contributed by atoms with van der Waals surface area (Å²) in [5.41, 5.74) is 1.48. The van der Waals surface area contributed by atoms with Gasteiger partial charge in [0.1, 0.15) is 12.4 Å². The van der Waals surface area contributed by atoms with Gasteiger partial charge in [0.05, 0.1) is 11.7 Å². The van der Waals surface area contributed by atoms with E-state index >= 15 is 0 Å². The number of rotatable bonds is 6. The van der Waals surface area contributed by atoms with Gasteiger partial charge >= 0.3 is 0 Å². The molecule has 0 bridgehead atoms. The Morgan fingerprint density at radius 2 is 2.00 bits per heavy atom. The van der Waals surface area contributed by atoms with E-state index in [9.17, 15) is 0 Å². The SMILES string of the molecule is C/C(=C\COc1ccccc1)CCC1OC1(C)C. The highest BCUT2D eigenvalue weighted by molar-refractivity contribution is 5.21. The van der Waals surface area contributed by atoms with E-state index in [1.165, 1.54) is 5.57 Å². The van der Waals surface area contributed by atoms with Crippen molar-refractivity contribution in [3.63, 3.8) is 0 Å². The fourth-order valence-corrected chi connectivity index (χ4v) is 2.00. The first-order valence-electron chi connectivity index (χ1n) is 6.59. The lowest BCUT2D eigenvalue weighted by molar-refractivity contribution is 0.320. The molecule has 0 radical (unpaired) electrons. The Morgan fingerprint density at radius 1 is 1.33 bits per heavy atom. The van der Waals surface area contributed by atoms with Crippen LogP contribution >= 0.6 is 0 Å². The standard InChI is InChI=1S/C16H22O2/c1-13(9-10-15-16(2,3)18-15)11-12-17-14-7-5-4-6-8-14/h4-8,11,15H,9-10,12H2,1-3H3/b13-11+. The van der Waals surface area contributed by atoms with Crippen molar-refractivity contribution in [2.45, 2.75) is 45.3 Å². The van der Waals surface area contributed by atoms with Crippen molar-refractivity contribution in [1.82, 2.24) is 0 Å². The van der Waals surface area contributed by atoms with Crippen LogP contribution in [0.4, 0.5) is 0 Å². The molecule has 1 heterocycles. The summed E-state index contributed by atoms with van der Waals surface area (Å²) in [6.45, 7) is 7.10. The van der Waals surface area contributed by atoms with Gasteiger partial charge in [-0.2, -0.15) is 0 Å². The van der Waals surface area contributed by atoms with Gasteiger partial charge in [0.25, 0.3) is 0 Å². The van der Waals surface area contributed by atoms with Gasteiger partial charge < -0.3 is 9.47 Å². The maximum absolute atomic E-state index is 5.63. The predicted octanol–water partition coefficient (Wildman–Crippen LogP) is 3.97. The number of hydrogen-bond donors (Lipinski definition) is 0. The van der Waals surface area contributed by atoms with Gasteiger partial charge in [-0.1, -0.05) is 23.8 Å². The van der Waals surface area contributed by atoms with Crippen LogP contribution in [0.15, 0.2) is 42.0 Å². The van der Waals surface area contributed by atoms with Gasteiger partial charge in [0, 0.05) is 0 Å². The minimum Gasteiger partial charge on any atom is -0.490 e. The van der Waals surface area contributed by atoms with E-state index < -0.39 is 0 Å². The van der Waals surface area contributed by atoms with Crippen molar-refractivity contribution in [3.8, 4) is 5.75 Å². The molecule has 2 rings (SSSR count). The molecule has 0 saturated carbocycles. The Balaban J connectivity index is 1.66. The average molecular weight is 246 g/mol. The van der Waals surface area contributed by atoms with Crippen LogP contribution in [0.1, 0.15) is 33.6 Å². The smallest absolute Gasteiger partial charge is 0.119 e. The zero-order chi connectivity index (χ0) is 13.0. The second kappa shape index (κ2) is 5.57. The zero-order valence-electron chi connectivity index (χ0n) is 11.5. The van der Waals surface area contributed by atoms with Crippen molar-refractivity contribution in [2.24, 2.45) is 0 Å². The lowest BCUT2D eigenvalue weighted by Gasteiger charge is -2.04. The normalized spacial score (nSPS) is 21.7. The number of hydrogen-bond acceptors (Lipinski definition) is 2. The molecular weight excluding hydrogens is 224 g/mol. The monoisotopic (exact) mass is 246 g/mol. The number of benzene rings is 1. The molecule has 1 atom stereocenters. The number of allylic oxidation sites excluding steroid dienone is 1. The van der Waals surface area contributed by atoms with E-state index in [1.54, 1.807) is 0 Å². The molecule has 0 spiro atoms. The molecule has 2 heteroatoms. The van der Waals surface area contributed by atoms with Gasteiger partial charge in [0.15, 0.2) is 0 Å². The number of ether oxygens (including phenoxy) is 2. The molecular formula is C16H22O2. The summed E-state index contributed by atoms with van der Waals surface area (Å²) in [5, 5.41) is 0. The van der Waals surface area contributed by atoms with Gasteiger partial charge in [-0.05, 0) is 51.8 Å². The van der Waals surface area contributed by atoms with Crippen LogP contribution in [0, 0.1) is 0 Å². The van der Waals surface area contributed by atoms with Crippen molar-refractivity contribution < 1.29 is 9.47 Å². The molecule has 1 aliphatic rings. The summed E-state index contributed by atoms with van der Waals surface area (Å²) in [4.78, 5) is 0. The van der Waals surface area contributed by atoms with E-state index in [0.717, 1.165) is 18.6 Å². The first-order valence-corrected chi connectivity index (χ1v) is 6.59. The second-order valence-corrected chi connectivity index (χ2v) is 5.42. The van der Waals surface area contributed by atoms with Gasteiger partial charge in [-0.25, -0.2) is 0 Å². The van der Waals surface area contributed by atoms with Crippen molar-refractivity contribution in [2.75, 3.05) is 6.61 Å². The Labute approximate surface area is 110 Å². The van der Waals surface area contributed by atoms with E-state index in [0.29, 0.717) is 12.7 Å². The minimum atomic E-state index is 0.112. The fourth-order valence-electron chi connectivity index (χ4n) is 2.00. The van der Waals surface area contributed by atoms with E-state index in [4.69, 9.17) is 9.47 Å². The number of para-hydroxylation sites is 1. The second-order valence-electron chi connectivity index (χ2n) is 5.42. The van der Waals surface area contributed by atoms with Gasteiger partial charge in [0.2, 0.25) is 0 Å². The Morgan fingerprint density at radius 3 is 2.61 bits per heavy atom. The molecule has 0 N–H and O–H groups in total. The zero-order valence-corrected chi connectivity index (χ0v) is 11.5. The summed E-state index contributed by atoms with van der Waals surface area (Å²) >= 11 is 0. The van der Waals surface area contributed by atoms with Crippen molar-refractivity contribution >= 4 is 0 Å². The molecule has 98 valence electrons. The fraction of sp³-hybridized carbons (Fsp3) is 0.500. The molecule has 2 nitrogen and oxygen atoms in total. The van der Waals surface area contributed by atoms with Crippen LogP contribution in [0.5, 0.6) is 5.75 Å². The Kier molecular flexibility index (Phi) is 4.07. The maximum atomic E-state index is 5.63. The summed E-state index contributed by atoms with van der Waals surface area (Å²) in [5.74, 6) is 0.924. The van der Waals surface area contributed by atoms with E-state index in [1.807, 2.05) is 30.3 Å². The molecule has 1 aromatic rings. The molecule has 1 fully saturated rings. The largest absolute Gasteiger partial charge is 0.490 e. The topological polar surface area (TPSA) is 21.8 Å². The van der Waals surface area contributed by atoms with Gasteiger partial charge in [-0.3, -0.25) is 0 Å². The molecule has 1 aliphatic heterocycles. The van der Waals surface area contributed by atoms with Crippen LogP contribution in [0.25, 0.3) is 0 Å². The Hall–Kier alpha value is -1.28. The number of epoxide rings is 1. The minimum absolute atomic E-state index is 0.112. The van der Waals surface area contributed by atoms with E-state index in [-0.39, 0.29) is 5.60 Å². The molecule has 1 aromatic carbocycles. The summed E-state index contributed by atoms with van der Waals surface area (Å²) < 4.78 is 11.2. The lowest BCUT2D eigenvalue weighted by Crippen LogP contribution is -2.03. The summed E-state index contributed by atoms with van der Waals surface area (Å²) in [6, 6.07) is 9.91. The van der Waals surface area contributed by atoms with E-state index in [2.05, 4.69) is 26.8 Å². The molecule has 0 aromatic heterocycles. The highest BCUT2D eigenvalue weighted by Gasteiger charge is 2.46. The van der Waals surface area contributed by atoms with Crippen LogP contribution in [-0.2, 0) is 4.74 Å². The lowest BCUT2D eigenvalue weighted by atomic mass is 10.0. The van der Waals surface area contributed by atoms with Crippen LogP contribution in [-0.4, -0.2) is 18.3 Å². The molecule has 1 saturated heterocycles. The highest BCUT2D eigenvalue weighted by Crippen LogP contribution is 2.38. The van der Waals surface area contributed by atoms with Crippen LogP contribution in [0.3, 0.4) is 0 Å². The third kappa shape index (κ3) is 3.88. The van der Waals surface area contributed by atoms with Crippen LogP contribution in [0.2, 0.25) is 0 Å². The molecule has 0 aliphatic carbocycles.